The minimum absolute atomic E-state index is 0.0236. The van der Waals surface area contributed by atoms with Crippen LogP contribution in [0, 0.1) is 5.82 Å². The number of nitrogens with zero attached hydrogens (tertiary/aromatic N) is 2. The van der Waals surface area contributed by atoms with Gasteiger partial charge in [-0.3, -0.25) is 4.79 Å². The van der Waals surface area contributed by atoms with Crippen molar-refractivity contribution < 1.29 is 13.9 Å². The maximum absolute atomic E-state index is 13.9. The predicted molar refractivity (Wildman–Crippen MR) is 111 cm³/mol. The Morgan fingerprint density at radius 3 is 2.75 bits per heavy atom. The largest absolute Gasteiger partial charge is 0.489 e. The Bertz CT molecular complexity index is 970. The van der Waals surface area contributed by atoms with Gasteiger partial charge in [-0.1, -0.05) is 29.8 Å². The Balaban J connectivity index is 1.76. The van der Waals surface area contributed by atoms with Crippen LogP contribution in [0.4, 0.5) is 4.39 Å². The van der Waals surface area contributed by atoms with Gasteiger partial charge in [-0.15, -0.1) is 11.3 Å². The van der Waals surface area contributed by atoms with Crippen molar-refractivity contribution in [3.8, 4) is 16.3 Å². The average molecular weight is 419 g/mol. The van der Waals surface area contributed by atoms with E-state index >= 15 is 0 Å². The average Bonchev–Trinajstić information content (AvgIpc) is 3.17. The first-order valence-corrected chi connectivity index (χ1v) is 10.0. The molecule has 1 aromatic heterocycles. The van der Waals surface area contributed by atoms with E-state index in [9.17, 15) is 9.18 Å². The Hall–Kier alpha value is -2.44. The van der Waals surface area contributed by atoms with Gasteiger partial charge < -0.3 is 9.64 Å². The normalized spacial score (nSPS) is 10.9. The van der Waals surface area contributed by atoms with E-state index in [1.165, 1.54) is 17.4 Å². The van der Waals surface area contributed by atoms with Crippen LogP contribution in [0.3, 0.4) is 0 Å². The smallest absolute Gasteiger partial charge is 0.273 e. The summed E-state index contributed by atoms with van der Waals surface area (Å²) in [6.45, 7) is 3.93. The lowest BCUT2D eigenvalue weighted by Gasteiger charge is -2.19. The Kier molecular flexibility index (Phi) is 6.31. The molecule has 3 aromatic rings. The van der Waals surface area contributed by atoms with Crippen LogP contribution in [0.5, 0.6) is 5.75 Å². The number of carbonyl (C=O) groups excluding carboxylic acids is 1. The minimum Gasteiger partial charge on any atom is -0.489 e. The van der Waals surface area contributed by atoms with Gasteiger partial charge in [-0.25, -0.2) is 9.37 Å². The molecule has 0 saturated carbocycles. The highest BCUT2D eigenvalue weighted by Crippen LogP contribution is 2.28. The van der Waals surface area contributed by atoms with E-state index in [1.54, 1.807) is 35.5 Å². The van der Waals surface area contributed by atoms with Crippen molar-refractivity contribution in [1.82, 2.24) is 9.88 Å². The molecule has 0 N–H and O–H groups in total. The van der Waals surface area contributed by atoms with Crippen LogP contribution in [-0.2, 0) is 6.61 Å². The van der Waals surface area contributed by atoms with E-state index in [1.807, 2.05) is 32.0 Å². The molecule has 1 amide bonds. The summed E-state index contributed by atoms with van der Waals surface area (Å²) in [5.41, 5.74) is 1.56. The summed E-state index contributed by atoms with van der Waals surface area (Å²) in [7, 11) is 1.76. The predicted octanol–water partition coefficient (Wildman–Crippen LogP) is 5.66. The highest BCUT2D eigenvalue weighted by molar-refractivity contribution is 7.13. The third-order valence-corrected chi connectivity index (χ3v) is 5.59. The molecule has 0 atom stereocenters. The second kappa shape index (κ2) is 8.71. The second-order valence-electron chi connectivity index (χ2n) is 6.56. The monoisotopic (exact) mass is 418 g/mol. The van der Waals surface area contributed by atoms with Crippen molar-refractivity contribution in [1.29, 1.82) is 0 Å². The third kappa shape index (κ3) is 4.51. The highest BCUT2D eigenvalue weighted by Gasteiger charge is 2.18. The van der Waals surface area contributed by atoms with Gasteiger partial charge in [0.2, 0.25) is 0 Å². The topological polar surface area (TPSA) is 42.4 Å². The molecule has 3 rings (SSSR count). The summed E-state index contributed by atoms with van der Waals surface area (Å²) in [6.07, 6.45) is 0. The molecule has 0 radical (unpaired) electrons. The number of ether oxygens (including phenoxy) is 1. The Labute approximate surface area is 172 Å². The van der Waals surface area contributed by atoms with E-state index in [0.29, 0.717) is 22.0 Å². The number of thiazole rings is 1. The number of rotatable bonds is 6. The van der Waals surface area contributed by atoms with E-state index in [2.05, 4.69) is 4.98 Å². The summed E-state index contributed by atoms with van der Waals surface area (Å²) in [5.74, 6) is 0.0549. The van der Waals surface area contributed by atoms with Gasteiger partial charge >= 0.3 is 0 Å². The summed E-state index contributed by atoms with van der Waals surface area (Å²) in [5, 5.41) is 2.80. The van der Waals surface area contributed by atoms with Gasteiger partial charge in [-0.05, 0) is 38.1 Å². The maximum atomic E-state index is 13.9. The van der Waals surface area contributed by atoms with Crippen molar-refractivity contribution in [2.24, 2.45) is 0 Å². The van der Waals surface area contributed by atoms with Crippen LogP contribution in [0.1, 0.15) is 29.9 Å². The van der Waals surface area contributed by atoms with Crippen LogP contribution in [0.2, 0.25) is 5.02 Å². The summed E-state index contributed by atoms with van der Waals surface area (Å²) in [4.78, 5) is 18.5. The molecule has 0 bridgehead atoms. The van der Waals surface area contributed by atoms with Crippen LogP contribution in [0.15, 0.2) is 47.8 Å². The standard InChI is InChI=1S/C21H20ClFN2O2S/c1-13(2)25(3)21(26)19-12-28-20(24-19)14-6-4-7-15(10-14)27-11-16-17(22)8-5-9-18(16)23/h4-10,12-13H,11H2,1-3H3. The Morgan fingerprint density at radius 2 is 2.04 bits per heavy atom. The minimum atomic E-state index is -0.402. The second-order valence-corrected chi connectivity index (χ2v) is 7.83. The molecule has 146 valence electrons. The van der Waals surface area contributed by atoms with Crippen LogP contribution >= 0.6 is 22.9 Å². The number of hydrogen-bond acceptors (Lipinski definition) is 4. The fourth-order valence-electron chi connectivity index (χ4n) is 2.46. The van der Waals surface area contributed by atoms with Gasteiger partial charge in [0.1, 0.15) is 28.9 Å². The molecule has 28 heavy (non-hydrogen) atoms. The molecular weight excluding hydrogens is 399 g/mol. The summed E-state index contributed by atoms with van der Waals surface area (Å²) >= 11 is 7.43. The van der Waals surface area contributed by atoms with E-state index in [-0.39, 0.29) is 18.6 Å². The zero-order valence-corrected chi connectivity index (χ0v) is 17.4. The van der Waals surface area contributed by atoms with Crippen LogP contribution < -0.4 is 4.74 Å². The van der Waals surface area contributed by atoms with Gasteiger partial charge in [0.25, 0.3) is 5.91 Å². The van der Waals surface area contributed by atoms with Crippen molar-refractivity contribution in [2.75, 3.05) is 7.05 Å². The lowest BCUT2D eigenvalue weighted by molar-refractivity contribution is 0.0750. The van der Waals surface area contributed by atoms with Gasteiger partial charge in [-0.2, -0.15) is 0 Å². The van der Waals surface area contributed by atoms with E-state index in [4.69, 9.17) is 16.3 Å². The molecule has 0 saturated heterocycles. The molecule has 2 aromatic carbocycles. The van der Waals surface area contributed by atoms with Gasteiger partial charge in [0, 0.05) is 29.6 Å². The summed E-state index contributed by atoms with van der Waals surface area (Å²) < 4.78 is 19.6. The fraction of sp³-hybridized carbons (Fsp3) is 0.238. The Morgan fingerprint density at radius 1 is 1.29 bits per heavy atom. The molecule has 0 fully saturated rings. The van der Waals surface area contributed by atoms with Gasteiger partial charge in [0.05, 0.1) is 5.02 Å². The molecular formula is C21H20ClFN2O2S. The summed E-state index contributed by atoms with van der Waals surface area (Å²) in [6, 6.07) is 11.9. The number of halogens is 2. The first kappa shape index (κ1) is 20.3. The number of benzene rings is 2. The number of aromatic nitrogens is 1. The molecule has 4 nitrogen and oxygen atoms in total. The first-order chi connectivity index (χ1) is 13.4. The van der Waals surface area contributed by atoms with Gasteiger partial charge in [0.15, 0.2) is 0 Å². The molecule has 0 aliphatic carbocycles. The van der Waals surface area contributed by atoms with Crippen LogP contribution in [-0.4, -0.2) is 28.9 Å². The molecule has 0 unspecified atom stereocenters. The molecule has 0 aliphatic heterocycles. The van der Waals surface area contributed by atoms with Crippen molar-refractivity contribution in [3.63, 3.8) is 0 Å². The molecule has 1 heterocycles. The van der Waals surface area contributed by atoms with Crippen LogP contribution in [0.25, 0.3) is 10.6 Å². The lowest BCUT2D eigenvalue weighted by Crippen LogP contribution is -2.33. The lowest BCUT2D eigenvalue weighted by atomic mass is 10.2. The zero-order valence-electron chi connectivity index (χ0n) is 15.8. The van der Waals surface area contributed by atoms with E-state index in [0.717, 1.165) is 10.6 Å². The first-order valence-electron chi connectivity index (χ1n) is 8.75. The molecule has 0 aliphatic rings. The quantitative estimate of drug-likeness (QED) is 0.518. The van der Waals surface area contributed by atoms with E-state index < -0.39 is 5.82 Å². The zero-order chi connectivity index (χ0) is 20.3. The maximum Gasteiger partial charge on any atom is 0.273 e. The SMILES string of the molecule is CC(C)N(C)C(=O)c1csc(-c2cccc(OCc3c(F)cccc3Cl)c2)n1. The van der Waals surface area contributed by atoms with Crippen molar-refractivity contribution in [3.05, 3.63) is 69.9 Å². The third-order valence-electron chi connectivity index (χ3n) is 4.34. The number of carbonyl (C=O) groups is 1. The highest BCUT2D eigenvalue weighted by atomic mass is 35.5. The van der Waals surface area contributed by atoms with Crippen molar-refractivity contribution >= 4 is 28.8 Å². The molecule has 7 heteroatoms. The van der Waals surface area contributed by atoms with Crippen molar-refractivity contribution in [2.45, 2.75) is 26.5 Å². The number of hydrogen-bond donors (Lipinski definition) is 0. The fourth-order valence-corrected chi connectivity index (χ4v) is 3.47. The number of amides is 1. The molecule has 0 spiro atoms.